The third-order valence-corrected chi connectivity index (χ3v) is 9.20. The second-order valence-electron chi connectivity index (χ2n) is 11.5. The molecule has 2 amide bonds. The molecule has 49 heavy (non-hydrogen) atoms. The van der Waals surface area contributed by atoms with Crippen LogP contribution in [0, 0.1) is 0 Å². The largest absolute Gasteiger partial charge is 0.445 e. The number of aryl methyl sites for hydroxylation is 1. The highest BCUT2D eigenvalue weighted by Gasteiger charge is 2.24. The van der Waals surface area contributed by atoms with E-state index in [2.05, 4.69) is 20.9 Å². The first-order chi connectivity index (χ1) is 23.9. The van der Waals surface area contributed by atoms with Crippen LogP contribution in [-0.2, 0) is 38.9 Å². The number of hydrogen-bond donors (Lipinski definition) is 2. The monoisotopic (exact) mass is 677 g/mol. The predicted octanol–water partition coefficient (Wildman–Crippen LogP) is 6.13. The minimum absolute atomic E-state index is 0.0493. The third-order valence-electron chi connectivity index (χ3n) is 7.75. The van der Waals surface area contributed by atoms with Crippen molar-refractivity contribution in [3.63, 3.8) is 0 Å². The summed E-state index contributed by atoms with van der Waals surface area (Å²) in [5, 5.41) is 15.3. The number of carbonyl (C=O) groups excluding carboxylic acids is 2. The number of nitrogens with zero attached hydrogens (tertiary/aromatic N) is 3. The maximum absolute atomic E-state index is 13.8. The molecule has 2 atom stereocenters. The third kappa shape index (κ3) is 11.0. The number of aromatic nitrogens is 3. The summed E-state index contributed by atoms with van der Waals surface area (Å²) >= 11 is 0. The van der Waals surface area contributed by atoms with Crippen LogP contribution in [0.5, 0.6) is 0 Å². The summed E-state index contributed by atoms with van der Waals surface area (Å²) in [7, 11) is -3.75. The van der Waals surface area contributed by atoms with Crippen molar-refractivity contribution in [2.75, 3.05) is 0 Å². The van der Waals surface area contributed by atoms with Gasteiger partial charge in [0.2, 0.25) is 5.91 Å². The Hall–Kier alpha value is -5.55. The smallest absolute Gasteiger partial charge is 0.408 e. The van der Waals surface area contributed by atoms with Crippen LogP contribution in [0.2, 0.25) is 0 Å². The predicted molar refractivity (Wildman–Crippen MR) is 188 cm³/mol. The molecule has 0 aliphatic heterocycles. The van der Waals surface area contributed by atoms with Gasteiger partial charge in [-0.25, -0.2) is 13.2 Å². The fourth-order valence-corrected chi connectivity index (χ4v) is 6.23. The molecule has 0 saturated carbocycles. The minimum Gasteiger partial charge on any atom is -0.445 e. The number of carbonyl (C=O) groups is 2. The zero-order valence-corrected chi connectivity index (χ0v) is 27.8. The Labute approximate surface area is 286 Å². The number of hydrogen-bond acceptors (Lipinski definition) is 7. The molecule has 5 aromatic rings. The van der Waals surface area contributed by atoms with Crippen LogP contribution in [0.1, 0.15) is 30.4 Å². The van der Waals surface area contributed by atoms with Crippen LogP contribution in [0.15, 0.2) is 144 Å². The summed E-state index contributed by atoms with van der Waals surface area (Å²) in [5.41, 5.74) is 3.41. The van der Waals surface area contributed by atoms with Gasteiger partial charge in [0, 0.05) is 30.0 Å². The lowest BCUT2D eigenvalue weighted by Gasteiger charge is -2.22. The van der Waals surface area contributed by atoms with Crippen molar-refractivity contribution in [1.82, 2.24) is 25.6 Å². The Morgan fingerprint density at radius 1 is 0.776 bits per heavy atom. The van der Waals surface area contributed by atoms with E-state index in [1.165, 1.54) is 18.2 Å². The number of nitrogens with one attached hydrogen (secondary N) is 2. The Bertz CT molecular complexity index is 1900. The Kier molecular flexibility index (Phi) is 12.5. The quantitative estimate of drug-likeness (QED) is 0.120. The van der Waals surface area contributed by atoms with Crippen LogP contribution >= 0.6 is 0 Å². The van der Waals surface area contributed by atoms with Gasteiger partial charge in [-0.05, 0) is 42.5 Å². The number of rotatable bonds is 16. The molecule has 2 N–H and O–H groups in total. The fourth-order valence-electron chi connectivity index (χ4n) is 5.14. The number of ether oxygens (including phenoxy) is 1. The molecule has 0 unspecified atom stereocenters. The van der Waals surface area contributed by atoms with Crippen LogP contribution in [0.4, 0.5) is 4.79 Å². The normalized spacial score (nSPS) is 12.7. The summed E-state index contributed by atoms with van der Waals surface area (Å²) < 4.78 is 33.3. The van der Waals surface area contributed by atoms with Gasteiger partial charge in [-0.3, -0.25) is 9.48 Å². The van der Waals surface area contributed by atoms with Crippen molar-refractivity contribution in [3.8, 4) is 11.3 Å². The molecule has 11 heteroatoms. The van der Waals surface area contributed by atoms with Crippen molar-refractivity contribution < 1.29 is 22.7 Å². The van der Waals surface area contributed by atoms with E-state index < -0.39 is 33.9 Å². The number of alkyl carbamates (subject to hydrolysis) is 1. The number of sulfone groups is 1. The van der Waals surface area contributed by atoms with Gasteiger partial charge < -0.3 is 15.4 Å². The molecule has 0 aliphatic carbocycles. The van der Waals surface area contributed by atoms with Gasteiger partial charge in [0.1, 0.15) is 18.3 Å². The van der Waals surface area contributed by atoms with Gasteiger partial charge >= 0.3 is 6.09 Å². The van der Waals surface area contributed by atoms with Crippen molar-refractivity contribution in [3.05, 3.63) is 150 Å². The zero-order chi connectivity index (χ0) is 34.3. The highest BCUT2D eigenvalue weighted by Crippen LogP contribution is 2.16. The van der Waals surface area contributed by atoms with E-state index in [0.717, 1.165) is 27.8 Å². The summed E-state index contributed by atoms with van der Waals surface area (Å²) in [4.78, 5) is 26.8. The van der Waals surface area contributed by atoms with Gasteiger partial charge in [-0.15, -0.1) is 5.10 Å². The molecular weight excluding hydrogens is 639 g/mol. The van der Waals surface area contributed by atoms with Crippen molar-refractivity contribution >= 4 is 21.8 Å². The standard InChI is InChI=1S/C38H39N5O5S/c44-37(35(27-30-15-5-1-6-16-30)40-38(45)48-29-31-17-7-2-8-18-31)39-33(24-26-49(46,47)34-22-11-4-12-23-34)21-13-14-25-43-28-36(41-42-43)32-19-9-3-10-20-32/h1-12,15-20,22-24,26,28,33,35H,13-14,21,25,27,29H2,(H,39,44)(H,40,45)/b26-24+/t33-,35-/m0/s1. The lowest BCUT2D eigenvalue weighted by Crippen LogP contribution is -2.50. The second-order valence-corrected chi connectivity index (χ2v) is 13.3. The molecule has 0 radical (unpaired) electrons. The molecule has 1 heterocycles. The lowest BCUT2D eigenvalue weighted by molar-refractivity contribution is -0.123. The van der Waals surface area contributed by atoms with E-state index in [1.807, 2.05) is 97.2 Å². The molecule has 0 bridgehead atoms. The number of benzene rings is 4. The van der Waals surface area contributed by atoms with Crippen LogP contribution in [0.3, 0.4) is 0 Å². The molecule has 0 spiro atoms. The highest BCUT2D eigenvalue weighted by molar-refractivity contribution is 7.94. The average molecular weight is 678 g/mol. The Morgan fingerprint density at radius 3 is 2.06 bits per heavy atom. The van der Waals surface area contributed by atoms with Gasteiger partial charge in [-0.2, -0.15) is 0 Å². The molecule has 0 aliphatic rings. The minimum atomic E-state index is -3.75. The lowest BCUT2D eigenvalue weighted by atomic mass is 10.0. The van der Waals surface area contributed by atoms with Gasteiger partial charge in [0.25, 0.3) is 0 Å². The highest BCUT2D eigenvalue weighted by atomic mass is 32.2. The summed E-state index contributed by atoms with van der Waals surface area (Å²) in [5.74, 6) is -0.462. The summed E-state index contributed by atoms with van der Waals surface area (Å²) in [6.45, 7) is 0.644. The topological polar surface area (TPSA) is 132 Å². The van der Waals surface area contributed by atoms with E-state index in [1.54, 1.807) is 22.9 Å². The molecule has 0 fully saturated rings. The van der Waals surface area contributed by atoms with E-state index in [4.69, 9.17) is 4.74 Å². The fraction of sp³-hybridized carbons (Fsp3) is 0.211. The SMILES string of the molecule is O=C(N[C@@H](Cc1ccccc1)C(=O)N[C@H](/C=C/S(=O)(=O)c1ccccc1)CCCCn1cc(-c2ccccc2)nn1)OCc1ccccc1. The van der Waals surface area contributed by atoms with Crippen molar-refractivity contribution in [2.24, 2.45) is 0 Å². The zero-order valence-electron chi connectivity index (χ0n) is 27.0. The number of amides is 2. The summed E-state index contributed by atoms with van der Waals surface area (Å²) in [6.07, 6.45) is 4.67. The molecule has 1 aromatic heterocycles. The molecular formula is C38H39N5O5S. The average Bonchev–Trinajstić information content (AvgIpc) is 3.62. The van der Waals surface area contributed by atoms with Crippen molar-refractivity contribution in [2.45, 2.75) is 55.8 Å². The molecule has 252 valence electrons. The van der Waals surface area contributed by atoms with Gasteiger partial charge in [0.15, 0.2) is 9.84 Å². The Balaban J connectivity index is 1.26. The maximum Gasteiger partial charge on any atom is 0.408 e. The number of unbranched alkanes of at least 4 members (excludes halogenated alkanes) is 1. The molecule has 0 saturated heterocycles. The van der Waals surface area contributed by atoms with Gasteiger partial charge in [-0.1, -0.05) is 120 Å². The molecule has 5 rings (SSSR count). The summed E-state index contributed by atoms with van der Waals surface area (Å²) in [6, 6.07) is 34.9. The second kappa shape index (κ2) is 17.6. The molecule has 10 nitrogen and oxygen atoms in total. The first-order valence-corrected chi connectivity index (χ1v) is 17.7. The Morgan fingerprint density at radius 2 is 1.39 bits per heavy atom. The van der Waals surface area contributed by atoms with Crippen LogP contribution in [-0.4, -0.2) is 47.5 Å². The van der Waals surface area contributed by atoms with E-state index in [0.29, 0.717) is 25.8 Å². The van der Waals surface area contributed by atoms with E-state index >= 15 is 0 Å². The van der Waals surface area contributed by atoms with E-state index in [9.17, 15) is 18.0 Å². The van der Waals surface area contributed by atoms with E-state index in [-0.39, 0.29) is 17.9 Å². The van der Waals surface area contributed by atoms with Gasteiger partial charge in [0.05, 0.1) is 11.1 Å². The first kappa shape index (κ1) is 34.8. The first-order valence-electron chi connectivity index (χ1n) is 16.1. The molecule has 4 aromatic carbocycles. The van der Waals surface area contributed by atoms with Crippen LogP contribution < -0.4 is 10.6 Å². The maximum atomic E-state index is 13.8. The van der Waals surface area contributed by atoms with Crippen molar-refractivity contribution in [1.29, 1.82) is 0 Å². The van der Waals surface area contributed by atoms with Crippen LogP contribution in [0.25, 0.3) is 11.3 Å².